The van der Waals surface area contributed by atoms with Crippen LogP contribution in [0.3, 0.4) is 0 Å². The smallest absolute Gasteiger partial charge is 0.259 e. The highest BCUT2D eigenvalue weighted by Crippen LogP contribution is 2.26. The number of benzene rings is 1. The van der Waals surface area contributed by atoms with Crippen LogP contribution in [0.1, 0.15) is 24.2 Å². The van der Waals surface area contributed by atoms with E-state index < -0.39 is 0 Å². The Hall–Kier alpha value is -2.24. The van der Waals surface area contributed by atoms with Crippen LogP contribution in [0.25, 0.3) is 0 Å². The predicted molar refractivity (Wildman–Crippen MR) is 82.2 cm³/mol. The van der Waals surface area contributed by atoms with Gasteiger partial charge in [-0.15, -0.1) is 0 Å². The third-order valence-electron chi connectivity index (χ3n) is 3.16. The maximum absolute atomic E-state index is 12.5. The van der Waals surface area contributed by atoms with E-state index in [1.165, 1.54) is 4.90 Å². The average Bonchev–Trinajstić information content (AvgIpc) is 2.46. The number of nitrogens with one attached hydrogen (secondary N) is 1. The van der Waals surface area contributed by atoms with Gasteiger partial charge in [0.2, 0.25) is 5.91 Å². The molecule has 116 valence electrons. The summed E-state index contributed by atoms with van der Waals surface area (Å²) >= 11 is 0. The zero-order valence-corrected chi connectivity index (χ0v) is 13.0. The van der Waals surface area contributed by atoms with Crippen LogP contribution in [0.4, 0.5) is 5.69 Å². The van der Waals surface area contributed by atoms with Crippen molar-refractivity contribution in [2.24, 2.45) is 5.92 Å². The summed E-state index contributed by atoms with van der Waals surface area (Å²) < 4.78 is 5.46. The number of amides is 2. The van der Waals surface area contributed by atoms with Crippen LogP contribution >= 0.6 is 0 Å². The van der Waals surface area contributed by atoms with E-state index in [9.17, 15) is 9.59 Å². The molecule has 6 nitrogen and oxygen atoms in total. The van der Waals surface area contributed by atoms with E-state index in [0.29, 0.717) is 30.2 Å². The summed E-state index contributed by atoms with van der Waals surface area (Å²) in [6, 6.07) is 5.11. The molecule has 3 N–H and O–H groups in total. The average molecular weight is 293 g/mol. The van der Waals surface area contributed by atoms with E-state index >= 15 is 0 Å². The Morgan fingerprint density at radius 3 is 2.67 bits per heavy atom. The third kappa shape index (κ3) is 4.11. The number of rotatable bonds is 6. The molecule has 0 aliphatic heterocycles. The molecule has 0 aliphatic rings. The zero-order chi connectivity index (χ0) is 16.0. The number of nitrogens with two attached hydrogens (primary N) is 1. The lowest BCUT2D eigenvalue weighted by atomic mass is 10.1. The number of anilines is 1. The Kier molecular flexibility index (Phi) is 6.02. The van der Waals surface area contributed by atoms with Crippen LogP contribution in [-0.4, -0.2) is 44.0 Å². The summed E-state index contributed by atoms with van der Waals surface area (Å²) in [5.41, 5.74) is 6.61. The van der Waals surface area contributed by atoms with Crippen LogP contribution in [0.15, 0.2) is 18.2 Å². The molecule has 1 unspecified atom stereocenters. The second kappa shape index (κ2) is 7.52. The number of carbonyl (C=O) groups excluding carboxylic acids is 2. The van der Waals surface area contributed by atoms with Crippen molar-refractivity contribution in [2.75, 3.05) is 33.0 Å². The molecule has 0 aliphatic carbocycles. The molecular formula is C15H23N3O3. The van der Waals surface area contributed by atoms with E-state index in [0.717, 1.165) is 0 Å². The molecule has 0 fully saturated rings. The molecular weight excluding hydrogens is 270 g/mol. The van der Waals surface area contributed by atoms with Gasteiger partial charge in [-0.05, 0) is 19.1 Å². The van der Waals surface area contributed by atoms with Gasteiger partial charge in [-0.1, -0.05) is 13.0 Å². The minimum absolute atomic E-state index is 0.110. The molecule has 0 bridgehead atoms. The van der Waals surface area contributed by atoms with Crippen molar-refractivity contribution in [1.82, 2.24) is 10.2 Å². The second-order valence-corrected chi connectivity index (χ2v) is 4.85. The Morgan fingerprint density at radius 1 is 1.43 bits per heavy atom. The topological polar surface area (TPSA) is 84.7 Å². The predicted octanol–water partition coefficient (Wildman–Crippen LogP) is 1.12. The minimum atomic E-state index is -0.301. The lowest BCUT2D eigenvalue weighted by molar-refractivity contribution is -0.124. The van der Waals surface area contributed by atoms with Gasteiger partial charge in [-0.2, -0.15) is 0 Å². The van der Waals surface area contributed by atoms with Gasteiger partial charge in [0.1, 0.15) is 11.3 Å². The lowest BCUT2D eigenvalue weighted by Crippen LogP contribution is -2.37. The molecule has 6 heteroatoms. The standard InChI is InChI=1S/C15H23N3O3/c1-5-21-12-8-6-7-11(16)13(12)15(20)18(4)9-10(2)14(19)17-3/h6-8,10H,5,9,16H2,1-4H3,(H,17,19). The van der Waals surface area contributed by atoms with E-state index in [-0.39, 0.29) is 17.7 Å². The van der Waals surface area contributed by atoms with Crippen LogP contribution in [-0.2, 0) is 4.79 Å². The Labute approximate surface area is 125 Å². The first kappa shape index (κ1) is 16.8. The fourth-order valence-corrected chi connectivity index (χ4v) is 2.07. The van der Waals surface area contributed by atoms with Crippen LogP contribution < -0.4 is 15.8 Å². The van der Waals surface area contributed by atoms with E-state index in [1.54, 1.807) is 39.2 Å². The molecule has 1 aromatic rings. The minimum Gasteiger partial charge on any atom is -0.493 e. The van der Waals surface area contributed by atoms with E-state index in [1.807, 2.05) is 6.92 Å². The Morgan fingerprint density at radius 2 is 2.10 bits per heavy atom. The molecule has 0 heterocycles. The highest BCUT2D eigenvalue weighted by Gasteiger charge is 2.22. The number of hydrogen-bond donors (Lipinski definition) is 2. The molecule has 0 spiro atoms. The van der Waals surface area contributed by atoms with Crippen molar-refractivity contribution in [1.29, 1.82) is 0 Å². The molecule has 0 radical (unpaired) electrons. The number of ether oxygens (including phenoxy) is 1. The summed E-state index contributed by atoms with van der Waals surface area (Å²) in [6.45, 7) is 4.36. The second-order valence-electron chi connectivity index (χ2n) is 4.85. The van der Waals surface area contributed by atoms with Crippen molar-refractivity contribution < 1.29 is 14.3 Å². The first-order chi connectivity index (χ1) is 9.92. The zero-order valence-electron chi connectivity index (χ0n) is 13.0. The molecule has 1 atom stereocenters. The molecule has 0 aromatic heterocycles. The van der Waals surface area contributed by atoms with Gasteiger partial charge in [-0.3, -0.25) is 9.59 Å². The number of hydrogen-bond acceptors (Lipinski definition) is 4. The fourth-order valence-electron chi connectivity index (χ4n) is 2.07. The Bertz CT molecular complexity index is 517. The summed E-state index contributed by atoms with van der Waals surface area (Å²) in [6.07, 6.45) is 0. The molecule has 1 rings (SSSR count). The van der Waals surface area contributed by atoms with Gasteiger partial charge < -0.3 is 20.7 Å². The lowest BCUT2D eigenvalue weighted by Gasteiger charge is -2.22. The first-order valence-corrected chi connectivity index (χ1v) is 6.90. The summed E-state index contributed by atoms with van der Waals surface area (Å²) in [5.74, 6) is -0.209. The monoisotopic (exact) mass is 293 g/mol. The molecule has 2 amide bonds. The fraction of sp³-hybridized carbons (Fsp3) is 0.467. The maximum Gasteiger partial charge on any atom is 0.259 e. The van der Waals surface area contributed by atoms with Gasteiger partial charge in [-0.25, -0.2) is 0 Å². The van der Waals surface area contributed by atoms with Gasteiger partial charge in [0.25, 0.3) is 5.91 Å². The molecule has 0 saturated heterocycles. The Balaban J connectivity index is 2.95. The van der Waals surface area contributed by atoms with Gasteiger partial charge in [0.15, 0.2) is 0 Å². The van der Waals surface area contributed by atoms with Gasteiger partial charge in [0.05, 0.1) is 12.5 Å². The van der Waals surface area contributed by atoms with Crippen molar-refractivity contribution >= 4 is 17.5 Å². The quantitative estimate of drug-likeness (QED) is 0.770. The third-order valence-corrected chi connectivity index (χ3v) is 3.16. The van der Waals surface area contributed by atoms with Crippen LogP contribution in [0.5, 0.6) is 5.75 Å². The number of nitrogens with zero attached hydrogens (tertiary/aromatic N) is 1. The van der Waals surface area contributed by atoms with Crippen molar-refractivity contribution in [3.8, 4) is 5.75 Å². The number of carbonyl (C=O) groups is 2. The van der Waals surface area contributed by atoms with Crippen molar-refractivity contribution in [3.63, 3.8) is 0 Å². The van der Waals surface area contributed by atoms with Gasteiger partial charge >= 0.3 is 0 Å². The molecule has 21 heavy (non-hydrogen) atoms. The van der Waals surface area contributed by atoms with Crippen LogP contribution in [0, 0.1) is 5.92 Å². The van der Waals surface area contributed by atoms with Gasteiger partial charge in [0, 0.05) is 26.3 Å². The van der Waals surface area contributed by atoms with E-state index in [4.69, 9.17) is 10.5 Å². The first-order valence-electron chi connectivity index (χ1n) is 6.90. The SMILES string of the molecule is CCOc1cccc(N)c1C(=O)N(C)CC(C)C(=O)NC. The summed E-state index contributed by atoms with van der Waals surface area (Å²) in [5, 5.41) is 2.57. The summed E-state index contributed by atoms with van der Waals surface area (Å²) in [7, 11) is 3.22. The van der Waals surface area contributed by atoms with Crippen LogP contribution in [0.2, 0.25) is 0 Å². The largest absolute Gasteiger partial charge is 0.493 e. The van der Waals surface area contributed by atoms with Crippen molar-refractivity contribution in [3.05, 3.63) is 23.8 Å². The highest BCUT2D eigenvalue weighted by atomic mass is 16.5. The normalized spacial score (nSPS) is 11.6. The van der Waals surface area contributed by atoms with E-state index in [2.05, 4.69) is 5.32 Å². The molecule has 1 aromatic carbocycles. The maximum atomic E-state index is 12.5. The summed E-state index contributed by atoms with van der Waals surface area (Å²) in [4.78, 5) is 25.6. The molecule has 0 saturated carbocycles. The van der Waals surface area contributed by atoms with Crippen molar-refractivity contribution in [2.45, 2.75) is 13.8 Å². The number of nitrogen functional groups attached to an aromatic ring is 1. The highest BCUT2D eigenvalue weighted by molar-refractivity contribution is 6.01.